The van der Waals surface area contributed by atoms with E-state index in [1.54, 1.807) is 13.8 Å². The Bertz CT molecular complexity index is 947. The quantitative estimate of drug-likeness (QED) is 0.437. The molecule has 3 aromatic rings. The van der Waals surface area contributed by atoms with Crippen LogP contribution < -0.4 is 0 Å². The molecule has 0 saturated heterocycles. The van der Waals surface area contributed by atoms with Crippen molar-refractivity contribution in [1.82, 2.24) is 4.57 Å². The van der Waals surface area contributed by atoms with Crippen LogP contribution in [0.25, 0.3) is 21.8 Å². The average molecular weight is 348 g/mol. The monoisotopic (exact) mass is 347 g/mol. The minimum atomic E-state index is -0.971. The van der Waals surface area contributed by atoms with Crippen molar-refractivity contribution in [2.75, 3.05) is 0 Å². The molecule has 1 N–H and O–H groups in total. The molecule has 0 aliphatic heterocycles. The van der Waals surface area contributed by atoms with E-state index in [1.807, 2.05) is 0 Å². The number of benzene rings is 2. The molecule has 0 bridgehead atoms. The third-order valence-corrected chi connectivity index (χ3v) is 4.77. The Morgan fingerprint density at radius 1 is 0.923 bits per heavy atom. The van der Waals surface area contributed by atoms with Crippen LogP contribution in [0.2, 0.25) is 0 Å². The largest absolute Gasteiger partial charge is 0.378 e. The zero-order valence-electron chi connectivity index (χ0n) is 16.2. The summed E-state index contributed by atoms with van der Waals surface area (Å²) in [5.74, 6) is 6.02. The molecule has 1 heterocycles. The van der Waals surface area contributed by atoms with Crippen LogP contribution in [0.1, 0.15) is 58.4 Å². The van der Waals surface area contributed by atoms with E-state index in [-0.39, 0.29) is 0 Å². The third-order valence-electron chi connectivity index (χ3n) is 4.77. The summed E-state index contributed by atoms with van der Waals surface area (Å²) in [6, 6.07) is 15.0. The molecule has 0 amide bonds. The first-order chi connectivity index (χ1) is 12.5. The van der Waals surface area contributed by atoms with Crippen molar-refractivity contribution < 1.29 is 5.11 Å². The summed E-state index contributed by atoms with van der Waals surface area (Å²) in [5.41, 5.74) is 2.55. The van der Waals surface area contributed by atoms with Gasteiger partial charge in [0.15, 0.2) is 0 Å². The van der Waals surface area contributed by atoms with Gasteiger partial charge < -0.3 is 9.67 Å². The molecule has 26 heavy (non-hydrogen) atoms. The number of unbranched alkanes of at least 4 members (excludes halogenated alkanes) is 4. The van der Waals surface area contributed by atoms with E-state index in [0.717, 1.165) is 12.1 Å². The Morgan fingerprint density at radius 3 is 2.42 bits per heavy atom. The fourth-order valence-electron chi connectivity index (χ4n) is 3.47. The van der Waals surface area contributed by atoms with Gasteiger partial charge in [0.05, 0.1) is 0 Å². The lowest BCUT2D eigenvalue weighted by atomic mass is 10.1. The van der Waals surface area contributed by atoms with Gasteiger partial charge >= 0.3 is 0 Å². The van der Waals surface area contributed by atoms with Crippen molar-refractivity contribution in [3.05, 3.63) is 48.0 Å². The van der Waals surface area contributed by atoms with Crippen molar-refractivity contribution >= 4 is 21.8 Å². The van der Waals surface area contributed by atoms with Crippen LogP contribution in [0.3, 0.4) is 0 Å². The highest BCUT2D eigenvalue weighted by Gasteiger charge is 2.11. The molecule has 0 radical (unpaired) electrons. The van der Waals surface area contributed by atoms with Crippen LogP contribution >= 0.6 is 0 Å². The lowest BCUT2D eigenvalue weighted by Crippen LogP contribution is -2.14. The summed E-state index contributed by atoms with van der Waals surface area (Å²) in [6.45, 7) is 6.74. The van der Waals surface area contributed by atoms with Gasteiger partial charge in [0.2, 0.25) is 0 Å². The van der Waals surface area contributed by atoms with Crippen molar-refractivity contribution in [2.24, 2.45) is 0 Å². The van der Waals surface area contributed by atoms with Gasteiger partial charge in [0.1, 0.15) is 5.60 Å². The van der Waals surface area contributed by atoms with Gasteiger partial charge in [0, 0.05) is 33.9 Å². The number of hydrogen-bond donors (Lipinski definition) is 1. The molecule has 0 spiro atoms. The van der Waals surface area contributed by atoms with Crippen LogP contribution in [-0.4, -0.2) is 15.3 Å². The molecule has 1 aromatic heterocycles. The van der Waals surface area contributed by atoms with Crippen molar-refractivity contribution in [3.8, 4) is 11.8 Å². The second-order valence-corrected chi connectivity index (χ2v) is 7.62. The summed E-state index contributed by atoms with van der Waals surface area (Å²) < 4.78 is 2.45. The van der Waals surface area contributed by atoms with E-state index in [2.05, 4.69) is 65.8 Å². The van der Waals surface area contributed by atoms with Crippen LogP contribution in [-0.2, 0) is 6.54 Å². The molecule has 0 aliphatic carbocycles. The minimum absolute atomic E-state index is 0.950. The highest BCUT2D eigenvalue weighted by molar-refractivity contribution is 6.08. The van der Waals surface area contributed by atoms with Crippen LogP contribution in [0.15, 0.2) is 42.5 Å². The Kier molecular flexibility index (Phi) is 5.69. The van der Waals surface area contributed by atoms with Crippen LogP contribution in [0, 0.1) is 11.8 Å². The Balaban J connectivity index is 1.97. The first kappa shape index (κ1) is 18.5. The zero-order chi connectivity index (χ0) is 18.6. The lowest BCUT2D eigenvalue weighted by Gasteiger charge is -2.08. The first-order valence-corrected chi connectivity index (χ1v) is 9.76. The number of aryl methyl sites for hydroxylation is 1. The highest BCUT2D eigenvalue weighted by atomic mass is 16.3. The Morgan fingerprint density at radius 2 is 1.65 bits per heavy atom. The third kappa shape index (κ3) is 4.29. The van der Waals surface area contributed by atoms with Gasteiger partial charge in [-0.3, -0.25) is 0 Å². The maximum atomic E-state index is 9.85. The van der Waals surface area contributed by atoms with Gasteiger partial charge in [-0.1, -0.05) is 62.6 Å². The van der Waals surface area contributed by atoms with Gasteiger partial charge in [-0.25, -0.2) is 0 Å². The predicted octanol–water partition coefficient (Wildman–Crippen LogP) is 5.89. The van der Waals surface area contributed by atoms with Gasteiger partial charge in [0.25, 0.3) is 0 Å². The van der Waals surface area contributed by atoms with Crippen molar-refractivity contribution in [3.63, 3.8) is 0 Å². The summed E-state index contributed by atoms with van der Waals surface area (Å²) in [7, 11) is 0. The Labute approximate surface area is 156 Å². The molecular weight excluding hydrogens is 318 g/mol. The smallest absolute Gasteiger partial charge is 0.120 e. The molecule has 136 valence electrons. The van der Waals surface area contributed by atoms with E-state index in [4.69, 9.17) is 0 Å². The maximum absolute atomic E-state index is 9.85. The van der Waals surface area contributed by atoms with E-state index < -0.39 is 5.60 Å². The lowest BCUT2D eigenvalue weighted by molar-refractivity contribution is 0.143. The molecule has 2 heteroatoms. The summed E-state index contributed by atoms with van der Waals surface area (Å²) in [4.78, 5) is 0. The predicted molar refractivity (Wildman–Crippen MR) is 111 cm³/mol. The molecular formula is C24H29NO. The van der Waals surface area contributed by atoms with Crippen molar-refractivity contribution in [1.29, 1.82) is 0 Å². The number of aliphatic hydroxyl groups is 1. The second-order valence-electron chi connectivity index (χ2n) is 7.62. The van der Waals surface area contributed by atoms with Crippen LogP contribution in [0.4, 0.5) is 0 Å². The number of fused-ring (bicyclic) bond motifs is 3. The molecule has 0 saturated carbocycles. The summed E-state index contributed by atoms with van der Waals surface area (Å²) >= 11 is 0. The number of nitrogens with zero attached hydrogens (tertiary/aromatic N) is 1. The fourth-order valence-corrected chi connectivity index (χ4v) is 3.47. The second kappa shape index (κ2) is 7.98. The van der Waals surface area contributed by atoms with Gasteiger partial charge in [-0.05, 0) is 44.5 Å². The van der Waals surface area contributed by atoms with Gasteiger partial charge in [-0.15, -0.1) is 0 Å². The van der Waals surface area contributed by atoms with Crippen LogP contribution in [0.5, 0.6) is 0 Å². The van der Waals surface area contributed by atoms with E-state index >= 15 is 0 Å². The van der Waals surface area contributed by atoms with E-state index in [9.17, 15) is 5.11 Å². The van der Waals surface area contributed by atoms with E-state index in [0.29, 0.717) is 0 Å². The summed E-state index contributed by atoms with van der Waals surface area (Å²) in [5, 5.41) is 12.4. The van der Waals surface area contributed by atoms with Gasteiger partial charge in [-0.2, -0.15) is 0 Å². The normalized spacial score (nSPS) is 11.7. The average Bonchev–Trinajstić information content (AvgIpc) is 2.93. The topological polar surface area (TPSA) is 25.2 Å². The Hall–Kier alpha value is -2.24. The number of aromatic nitrogens is 1. The molecule has 3 rings (SSSR count). The SMILES string of the molecule is CCCCCCCn1c2ccccc2c2cc(C#CC(C)(C)O)ccc21. The fraction of sp³-hybridized carbons (Fsp3) is 0.417. The summed E-state index contributed by atoms with van der Waals surface area (Å²) in [6.07, 6.45) is 6.44. The molecule has 0 fully saturated rings. The highest BCUT2D eigenvalue weighted by Crippen LogP contribution is 2.30. The maximum Gasteiger partial charge on any atom is 0.120 e. The molecule has 0 atom stereocenters. The molecule has 2 nitrogen and oxygen atoms in total. The van der Waals surface area contributed by atoms with E-state index in [1.165, 1.54) is 53.9 Å². The molecule has 0 unspecified atom stereocenters. The number of para-hydroxylation sites is 1. The molecule has 2 aromatic carbocycles. The van der Waals surface area contributed by atoms with Crippen molar-refractivity contribution in [2.45, 2.75) is 65.0 Å². The standard InChI is InChI=1S/C24H29NO/c1-4-5-6-7-10-17-25-22-12-9-8-11-20(22)21-18-19(13-14-23(21)25)15-16-24(2,3)26/h8-9,11-14,18,26H,4-7,10,17H2,1-3H3. The molecule has 0 aliphatic rings. The minimum Gasteiger partial charge on any atom is -0.378 e. The zero-order valence-corrected chi connectivity index (χ0v) is 16.2. The first-order valence-electron chi connectivity index (χ1n) is 9.76. The number of rotatable bonds is 6. The number of hydrogen-bond acceptors (Lipinski definition) is 1.